The second kappa shape index (κ2) is 7.92. The number of benzene rings is 1. The van der Waals surface area contributed by atoms with Gasteiger partial charge < -0.3 is 19.8 Å². The summed E-state index contributed by atoms with van der Waals surface area (Å²) in [4.78, 5) is 43.8. The molecule has 1 atom stereocenters. The Morgan fingerprint density at radius 2 is 2.03 bits per heavy atom. The molecule has 5 rings (SSSR count). The Morgan fingerprint density at radius 3 is 2.81 bits per heavy atom. The molecule has 1 aliphatic rings. The van der Waals surface area contributed by atoms with E-state index in [-0.39, 0.29) is 24.4 Å². The highest BCUT2D eigenvalue weighted by Crippen LogP contribution is 2.27. The molecule has 162 valence electrons. The lowest BCUT2D eigenvalue weighted by molar-refractivity contribution is 0.0632. The molecule has 32 heavy (non-hydrogen) atoms. The number of amides is 2. The van der Waals surface area contributed by atoms with Crippen LogP contribution in [0.5, 0.6) is 0 Å². The third-order valence-corrected chi connectivity index (χ3v) is 5.75. The van der Waals surface area contributed by atoms with Crippen molar-refractivity contribution in [1.29, 1.82) is 0 Å². The molecule has 0 radical (unpaired) electrons. The van der Waals surface area contributed by atoms with Gasteiger partial charge in [-0.15, -0.1) is 0 Å². The first-order valence-electron chi connectivity index (χ1n) is 10.5. The van der Waals surface area contributed by atoms with Crippen LogP contribution < -0.4 is 5.32 Å². The highest BCUT2D eigenvalue weighted by molar-refractivity contribution is 5.98. The van der Waals surface area contributed by atoms with Crippen LogP contribution in [0.4, 0.5) is 0 Å². The maximum Gasteiger partial charge on any atom is 0.271 e. The molecule has 0 bridgehead atoms. The van der Waals surface area contributed by atoms with E-state index in [0.29, 0.717) is 36.0 Å². The SMILES string of the molecule is Cc1cnc(CNC(=O)c2cn3c(n2)[C@H](C)N(C(=O)c2cc4ccccc4[nH]2)CC3)cn1. The molecule has 3 aromatic heterocycles. The average molecular weight is 429 g/mol. The minimum absolute atomic E-state index is 0.0769. The zero-order valence-electron chi connectivity index (χ0n) is 17.9. The number of aromatic nitrogens is 5. The summed E-state index contributed by atoms with van der Waals surface area (Å²) in [5.41, 5.74) is 3.31. The highest BCUT2D eigenvalue weighted by Gasteiger charge is 2.31. The molecule has 9 heteroatoms. The Labute approximate surface area is 184 Å². The van der Waals surface area contributed by atoms with Gasteiger partial charge in [-0.25, -0.2) is 4.98 Å². The number of fused-ring (bicyclic) bond motifs is 2. The minimum Gasteiger partial charge on any atom is -0.351 e. The van der Waals surface area contributed by atoms with Gasteiger partial charge in [0.25, 0.3) is 11.8 Å². The number of carbonyl (C=O) groups is 2. The topological polar surface area (TPSA) is 109 Å². The first-order chi connectivity index (χ1) is 15.5. The molecule has 0 spiro atoms. The molecule has 0 aliphatic carbocycles. The zero-order valence-corrected chi connectivity index (χ0v) is 17.9. The number of hydrogen-bond acceptors (Lipinski definition) is 5. The molecule has 2 N–H and O–H groups in total. The predicted molar refractivity (Wildman–Crippen MR) is 118 cm³/mol. The van der Waals surface area contributed by atoms with Crippen LogP contribution in [0.2, 0.25) is 0 Å². The fraction of sp³-hybridized carbons (Fsp3) is 0.261. The van der Waals surface area contributed by atoms with Gasteiger partial charge in [0.1, 0.15) is 17.2 Å². The van der Waals surface area contributed by atoms with E-state index in [1.54, 1.807) is 23.5 Å². The van der Waals surface area contributed by atoms with Crippen molar-refractivity contribution in [2.24, 2.45) is 0 Å². The molecule has 0 saturated carbocycles. The lowest BCUT2D eigenvalue weighted by Crippen LogP contribution is -2.41. The van der Waals surface area contributed by atoms with Gasteiger partial charge in [0.05, 0.1) is 30.2 Å². The van der Waals surface area contributed by atoms with Crippen molar-refractivity contribution in [3.05, 3.63) is 77.5 Å². The van der Waals surface area contributed by atoms with Crippen LogP contribution >= 0.6 is 0 Å². The van der Waals surface area contributed by atoms with Crippen LogP contribution in [0.1, 0.15) is 51.2 Å². The van der Waals surface area contributed by atoms with E-state index in [2.05, 4.69) is 25.3 Å². The summed E-state index contributed by atoms with van der Waals surface area (Å²) in [6.45, 7) is 5.18. The van der Waals surface area contributed by atoms with E-state index < -0.39 is 0 Å². The van der Waals surface area contributed by atoms with Crippen molar-refractivity contribution in [1.82, 2.24) is 34.7 Å². The van der Waals surface area contributed by atoms with Crippen molar-refractivity contribution in [2.75, 3.05) is 6.54 Å². The van der Waals surface area contributed by atoms with Gasteiger partial charge in [-0.05, 0) is 26.0 Å². The predicted octanol–water partition coefficient (Wildman–Crippen LogP) is 2.61. The van der Waals surface area contributed by atoms with E-state index in [0.717, 1.165) is 16.6 Å². The molecule has 2 amide bonds. The van der Waals surface area contributed by atoms with Crippen LogP contribution in [-0.4, -0.2) is 47.8 Å². The van der Waals surface area contributed by atoms with E-state index in [9.17, 15) is 9.59 Å². The molecule has 1 aromatic carbocycles. The van der Waals surface area contributed by atoms with Crippen molar-refractivity contribution < 1.29 is 9.59 Å². The second-order valence-electron chi connectivity index (χ2n) is 7.95. The minimum atomic E-state index is -0.282. The van der Waals surface area contributed by atoms with Crippen LogP contribution in [0, 0.1) is 6.92 Å². The van der Waals surface area contributed by atoms with E-state index in [1.165, 1.54) is 0 Å². The third-order valence-electron chi connectivity index (χ3n) is 5.75. The lowest BCUT2D eigenvalue weighted by Gasteiger charge is -2.33. The van der Waals surface area contributed by atoms with Gasteiger partial charge in [0.2, 0.25) is 0 Å². The van der Waals surface area contributed by atoms with Gasteiger partial charge in [-0.3, -0.25) is 19.6 Å². The van der Waals surface area contributed by atoms with Crippen LogP contribution in [0.25, 0.3) is 10.9 Å². The first kappa shape index (κ1) is 19.9. The average Bonchev–Trinajstić information content (AvgIpc) is 3.43. The number of hydrogen-bond donors (Lipinski definition) is 2. The molecule has 0 saturated heterocycles. The Kier molecular flexibility index (Phi) is 4.93. The molecule has 9 nitrogen and oxygen atoms in total. The van der Waals surface area contributed by atoms with Gasteiger partial charge >= 0.3 is 0 Å². The summed E-state index contributed by atoms with van der Waals surface area (Å²) in [5, 5.41) is 3.83. The Balaban J connectivity index is 1.31. The third kappa shape index (κ3) is 3.62. The molecule has 4 aromatic rings. The van der Waals surface area contributed by atoms with E-state index >= 15 is 0 Å². The first-order valence-corrected chi connectivity index (χ1v) is 10.5. The number of imidazole rings is 1. The molecule has 1 aliphatic heterocycles. The normalized spacial score (nSPS) is 15.6. The largest absolute Gasteiger partial charge is 0.351 e. The number of rotatable bonds is 4. The number of carbonyl (C=O) groups excluding carboxylic acids is 2. The summed E-state index contributed by atoms with van der Waals surface area (Å²) in [6, 6.07) is 9.42. The summed E-state index contributed by atoms with van der Waals surface area (Å²) in [5.74, 6) is 0.336. The summed E-state index contributed by atoms with van der Waals surface area (Å²) in [7, 11) is 0. The lowest BCUT2D eigenvalue weighted by atomic mass is 10.2. The number of nitrogens with one attached hydrogen (secondary N) is 2. The number of nitrogens with zero attached hydrogens (tertiary/aromatic N) is 5. The molecule has 4 heterocycles. The number of aryl methyl sites for hydroxylation is 1. The summed E-state index contributed by atoms with van der Waals surface area (Å²) >= 11 is 0. The van der Waals surface area contributed by atoms with Crippen molar-refractivity contribution >= 4 is 22.7 Å². The Morgan fingerprint density at radius 1 is 1.19 bits per heavy atom. The molecular formula is C23H23N7O2. The van der Waals surface area contributed by atoms with Gasteiger partial charge in [-0.1, -0.05) is 18.2 Å². The fourth-order valence-electron chi connectivity index (χ4n) is 3.99. The van der Waals surface area contributed by atoms with E-state index in [1.807, 2.05) is 48.7 Å². The quantitative estimate of drug-likeness (QED) is 0.518. The number of para-hydroxylation sites is 1. The zero-order chi connectivity index (χ0) is 22.2. The second-order valence-corrected chi connectivity index (χ2v) is 7.95. The summed E-state index contributed by atoms with van der Waals surface area (Å²) < 4.78 is 1.94. The molecule has 0 fully saturated rings. The summed E-state index contributed by atoms with van der Waals surface area (Å²) in [6.07, 6.45) is 5.05. The van der Waals surface area contributed by atoms with Crippen LogP contribution in [0.3, 0.4) is 0 Å². The maximum absolute atomic E-state index is 13.2. The fourth-order valence-corrected chi connectivity index (χ4v) is 3.99. The number of H-pyrrole nitrogens is 1. The standard InChI is InChI=1S/C23H23N7O2/c1-14-10-25-17(11-24-14)12-26-22(31)20-13-29-7-8-30(15(2)21(29)28-20)23(32)19-9-16-5-3-4-6-18(16)27-19/h3-6,9-11,13,15,27H,7-8,12H2,1-2H3,(H,26,31)/t15-/m0/s1. The highest BCUT2D eigenvalue weighted by atomic mass is 16.2. The van der Waals surface area contributed by atoms with Crippen molar-refractivity contribution in [2.45, 2.75) is 33.0 Å². The van der Waals surface area contributed by atoms with Crippen molar-refractivity contribution in [3.8, 4) is 0 Å². The van der Waals surface area contributed by atoms with Crippen LogP contribution in [0.15, 0.2) is 48.9 Å². The number of aromatic amines is 1. The maximum atomic E-state index is 13.2. The van der Waals surface area contributed by atoms with Gasteiger partial charge in [0.15, 0.2) is 0 Å². The monoisotopic (exact) mass is 429 g/mol. The van der Waals surface area contributed by atoms with Gasteiger partial charge in [-0.2, -0.15) is 0 Å². The van der Waals surface area contributed by atoms with Crippen molar-refractivity contribution in [3.63, 3.8) is 0 Å². The van der Waals surface area contributed by atoms with Gasteiger partial charge in [0, 0.05) is 36.4 Å². The molecule has 0 unspecified atom stereocenters. The van der Waals surface area contributed by atoms with E-state index in [4.69, 9.17) is 0 Å². The Hall–Kier alpha value is -4.01. The molecular weight excluding hydrogens is 406 g/mol. The van der Waals surface area contributed by atoms with Crippen LogP contribution in [-0.2, 0) is 13.1 Å². The smallest absolute Gasteiger partial charge is 0.271 e. The Bertz CT molecular complexity index is 1270.